The van der Waals surface area contributed by atoms with Gasteiger partial charge in [-0.25, -0.2) is 4.79 Å². The first-order chi connectivity index (χ1) is 18.8. The third-order valence-electron chi connectivity index (χ3n) is 12.6. The van der Waals surface area contributed by atoms with E-state index in [1.807, 2.05) is 13.8 Å². The second kappa shape index (κ2) is 9.71. The van der Waals surface area contributed by atoms with Gasteiger partial charge in [0.2, 0.25) is 0 Å². The van der Waals surface area contributed by atoms with Crippen LogP contribution in [0.2, 0.25) is 0 Å². The van der Waals surface area contributed by atoms with Crippen molar-refractivity contribution in [1.82, 2.24) is 0 Å². The molecule has 40 heavy (non-hydrogen) atoms. The molecule has 6 rings (SSSR count). The molecule has 0 aromatic heterocycles. The van der Waals surface area contributed by atoms with Crippen LogP contribution >= 0.6 is 0 Å². The Balaban J connectivity index is 1.21. The van der Waals surface area contributed by atoms with Crippen molar-refractivity contribution in [3.8, 4) is 0 Å². The van der Waals surface area contributed by atoms with Gasteiger partial charge in [0.25, 0.3) is 0 Å². The van der Waals surface area contributed by atoms with Gasteiger partial charge < -0.3 is 44.8 Å². The van der Waals surface area contributed by atoms with E-state index in [1.165, 1.54) is 0 Å². The van der Waals surface area contributed by atoms with Crippen molar-refractivity contribution < 1.29 is 49.6 Å². The van der Waals surface area contributed by atoms with Crippen LogP contribution < -0.4 is 0 Å². The van der Waals surface area contributed by atoms with Crippen molar-refractivity contribution in [2.24, 2.45) is 34.5 Å². The van der Waals surface area contributed by atoms with Gasteiger partial charge in [0.15, 0.2) is 6.29 Å². The Labute approximate surface area is 235 Å². The zero-order chi connectivity index (χ0) is 28.8. The smallest absolute Gasteiger partial charge is 0.331 e. The fourth-order valence-electron chi connectivity index (χ4n) is 10.1. The Hall–Kier alpha value is -1.11. The predicted molar refractivity (Wildman–Crippen MR) is 140 cm³/mol. The molecule has 0 aromatic rings. The lowest BCUT2D eigenvalue weighted by Gasteiger charge is -2.65. The van der Waals surface area contributed by atoms with E-state index < -0.39 is 60.0 Å². The molecule has 4 aliphatic carbocycles. The minimum atomic E-state index is -1.48. The lowest BCUT2D eigenvalue weighted by Crippen LogP contribution is -2.67. The molecule has 2 heterocycles. The number of esters is 1. The standard InChI is InChI=1S/C30H46O10/c1-27(40-26-25(36)24(35)23(34)20(13-31)39-26)8-9-28(2)16(12-27)4-5-18-19(28)11-21(32)29(3)17(6-7-30(18,29)37)15-10-22(33)38-14-15/h10,16-21,23-26,31-32,34-37H,4-9,11-14H2,1-3H3/t16-,17-,18-,19+,20-,21-,23-,24+,25-,26+,27+,28+,29+,30+/m1/s1. The number of aliphatic hydroxyl groups is 6. The predicted octanol–water partition coefficient (Wildman–Crippen LogP) is 0.789. The maximum absolute atomic E-state index is 12.4. The molecular weight excluding hydrogens is 520 g/mol. The van der Waals surface area contributed by atoms with Crippen LogP contribution in [0.5, 0.6) is 0 Å². The molecule has 0 amide bonds. The normalized spacial score (nSPS) is 56.1. The summed E-state index contributed by atoms with van der Waals surface area (Å²) in [5.74, 6) is -0.00133. The summed E-state index contributed by atoms with van der Waals surface area (Å²) in [5, 5.41) is 64.7. The summed E-state index contributed by atoms with van der Waals surface area (Å²) in [6.07, 6.45) is 0.114. The number of aliphatic hydroxyl groups excluding tert-OH is 5. The summed E-state index contributed by atoms with van der Waals surface area (Å²) in [6.45, 7) is 6.02. The minimum absolute atomic E-state index is 0.0431. The van der Waals surface area contributed by atoms with Crippen LogP contribution in [0.25, 0.3) is 0 Å². The molecule has 226 valence electrons. The van der Waals surface area contributed by atoms with Crippen molar-refractivity contribution in [3.63, 3.8) is 0 Å². The van der Waals surface area contributed by atoms with Crippen LogP contribution in [0.4, 0.5) is 0 Å². The number of ether oxygens (including phenoxy) is 3. The molecule has 6 N–H and O–H groups in total. The molecule has 0 radical (unpaired) electrons. The van der Waals surface area contributed by atoms with E-state index in [9.17, 15) is 35.4 Å². The van der Waals surface area contributed by atoms with E-state index in [0.717, 1.165) is 31.3 Å². The average molecular weight is 567 g/mol. The fourth-order valence-corrected chi connectivity index (χ4v) is 10.1. The number of carbonyl (C=O) groups excluding carboxylic acids is 1. The molecular formula is C30H46O10. The summed E-state index contributed by atoms with van der Waals surface area (Å²) in [7, 11) is 0. The SMILES string of the molecule is C[C@]1(O[C@@H]2O[C@H](CO)[C@@H](O)[C@H](O)[C@H]2O)CC[C@@]2(C)[C@H](CC[C@@H]3[C@@H]2C[C@@H](O)[C@]2(C)[C@@H](C4=CC(=O)OC4)CC[C@]32O)C1. The minimum Gasteiger partial charge on any atom is -0.458 e. The maximum atomic E-state index is 12.4. The number of carbonyl (C=O) groups is 1. The summed E-state index contributed by atoms with van der Waals surface area (Å²) in [5.41, 5.74) is -1.66. The van der Waals surface area contributed by atoms with Crippen LogP contribution in [0.1, 0.15) is 72.1 Å². The van der Waals surface area contributed by atoms with Gasteiger partial charge in [-0.2, -0.15) is 0 Å². The highest BCUT2D eigenvalue weighted by Gasteiger charge is 2.71. The Morgan fingerprint density at radius 1 is 0.975 bits per heavy atom. The Morgan fingerprint density at radius 3 is 2.40 bits per heavy atom. The van der Waals surface area contributed by atoms with Crippen LogP contribution in [-0.4, -0.2) is 97.8 Å². The van der Waals surface area contributed by atoms with Gasteiger partial charge in [-0.15, -0.1) is 0 Å². The molecule has 1 saturated heterocycles. The monoisotopic (exact) mass is 566 g/mol. The van der Waals surface area contributed by atoms with E-state index >= 15 is 0 Å². The first-order valence-corrected chi connectivity index (χ1v) is 15.0. The molecule has 14 atom stereocenters. The largest absolute Gasteiger partial charge is 0.458 e. The van der Waals surface area contributed by atoms with E-state index in [1.54, 1.807) is 6.08 Å². The number of fused-ring (bicyclic) bond motifs is 5. The molecule has 6 aliphatic rings. The summed E-state index contributed by atoms with van der Waals surface area (Å²) < 4.78 is 17.2. The zero-order valence-corrected chi connectivity index (χ0v) is 23.7. The van der Waals surface area contributed by atoms with Crippen molar-refractivity contribution in [3.05, 3.63) is 11.6 Å². The highest BCUT2D eigenvalue weighted by atomic mass is 16.7. The number of hydrogen-bond donors (Lipinski definition) is 6. The lowest BCUT2D eigenvalue weighted by atomic mass is 9.42. The van der Waals surface area contributed by atoms with Crippen molar-refractivity contribution in [1.29, 1.82) is 0 Å². The van der Waals surface area contributed by atoms with Crippen molar-refractivity contribution >= 4 is 5.97 Å². The van der Waals surface area contributed by atoms with Gasteiger partial charge in [-0.05, 0) is 93.0 Å². The topological polar surface area (TPSA) is 166 Å². The average Bonchev–Trinajstić information content (AvgIpc) is 3.46. The first kappa shape index (κ1) is 29.0. The molecule has 5 fully saturated rings. The van der Waals surface area contributed by atoms with Crippen molar-refractivity contribution in [2.45, 2.75) is 120 Å². The Kier molecular flexibility index (Phi) is 7.03. The number of cyclic esters (lactones) is 1. The quantitative estimate of drug-likeness (QED) is 0.212. The van der Waals surface area contributed by atoms with E-state index in [-0.39, 0.29) is 41.7 Å². The first-order valence-electron chi connectivity index (χ1n) is 15.0. The molecule has 10 heteroatoms. The molecule has 0 spiro atoms. The van der Waals surface area contributed by atoms with E-state index in [2.05, 4.69) is 6.92 Å². The maximum Gasteiger partial charge on any atom is 0.331 e. The highest BCUT2D eigenvalue weighted by molar-refractivity contribution is 5.85. The van der Waals surface area contributed by atoms with Gasteiger partial charge in [-0.3, -0.25) is 0 Å². The fraction of sp³-hybridized carbons (Fsp3) is 0.900. The Morgan fingerprint density at radius 2 is 1.73 bits per heavy atom. The molecule has 10 nitrogen and oxygen atoms in total. The number of hydrogen-bond acceptors (Lipinski definition) is 10. The molecule has 0 aromatic carbocycles. The second-order valence-electron chi connectivity index (χ2n) is 14.3. The van der Waals surface area contributed by atoms with Gasteiger partial charge in [0, 0.05) is 11.5 Å². The summed E-state index contributed by atoms with van der Waals surface area (Å²) in [4.78, 5) is 11.8. The van der Waals surface area contributed by atoms with Gasteiger partial charge >= 0.3 is 5.97 Å². The van der Waals surface area contributed by atoms with Crippen LogP contribution in [0, 0.1) is 34.5 Å². The van der Waals surface area contributed by atoms with Crippen LogP contribution in [-0.2, 0) is 19.0 Å². The molecule has 0 bridgehead atoms. The summed E-state index contributed by atoms with van der Waals surface area (Å²) in [6, 6.07) is 0. The number of rotatable bonds is 4. The zero-order valence-electron chi connectivity index (χ0n) is 23.7. The third-order valence-corrected chi connectivity index (χ3v) is 12.6. The third kappa shape index (κ3) is 4.01. The van der Waals surface area contributed by atoms with Gasteiger partial charge in [0.1, 0.15) is 31.0 Å². The molecule has 2 aliphatic heterocycles. The van der Waals surface area contributed by atoms with Crippen molar-refractivity contribution in [2.75, 3.05) is 13.2 Å². The lowest BCUT2D eigenvalue weighted by molar-refractivity contribution is -0.334. The van der Waals surface area contributed by atoms with Gasteiger partial charge in [-0.1, -0.05) is 13.8 Å². The van der Waals surface area contributed by atoms with Crippen LogP contribution in [0.3, 0.4) is 0 Å². The van der Waals surface area contributed by atoms with Crippen LogP contribution in [0.15, 0.2) is 11.6 Å². The molecule has 0 unspecified atom stereocenters. The Bertz CT molecular complexity index is 1050. The van der Waals surface area contributed by atoms with E-state index in [0.29, 0.717) is 25.7 Å². The summed E-state index contributed by atoms with van der Waals surface area (Å²) >= 11 is 0. The van der Waals surface area contributed by atoms with Gasteiger partial charge in [0.05, 0.1) is 23.9 Å². The molecule has 4 saturated carbocycles. The van der Waals surface area contributed by atoms with E-state index in [4.69, 9.17) is 14.2 Å². The second-order valence-corrected chi connectivity index (χ2v) is 14.3. The highest BCUT2D eigenvalue weighted by Crippen LogP contribution is 2.70.